The average Bonchev–Trinajstić information content (AvgIpc) is 2.73. The highest BCUT2D eigenvalue weighted by Crippen LogP contribution is 2.27. The second-order valence-electron chi connectivity index (χ2n) is 5.04. The van der Waals surface area contributed by atoms with Crippen molar-refractivity contribution in [2.24, 2.45) is 5.73 Å². The maximum Gasteiger partial charge on any atom is 0.0424 e. The molecule has 1 aromatic heterocycles. The lowest BCUT2D eigenvalue weighted by atomic mass is 9.84. The molecule has 0 radical (unpaired) electrons. The number of rotatable bonds is 3. The van der Waals surface area contributed by atoms with E-state index < -0.39 is 0 Å². The summed E-state index contributed by atoms with van der Waals surface area (Å²) in [7, 11) is 0. The highest BCUT2D eigenvalue weighted by Gasteiger charge is 2.23. The normalized spacial score (nSPS) is 14.6. The van der Waals surface area contributed by atoms with Crippen LogP contribution in [0.25, 0.3) is 0 Å². The van der Waals surface area contributed by atoms with Gasteiger partial charge in [0.1, 0.15) is 0 Å². The fraction of sp³-hybridized carbons (Fsp3) is 0.333. The molecule has 0 spiro atoms. The lowest BCUT2D eigenvalue weighted by molar-refractivity contribution is 0.489. The van der Waals surface area contributed by atoms with Crippen LogP contribution in [-0.2, 0) is 12.0 Å². The Kier molecular flexibility index (Phi) is 3.36. The van der Waals surface area contributed by atoms with Crippen LogP contribution < -0.4 is 5.73 Å². The van der Waals surface area contributed by atoms with E-state index in [2.05, 4.69) is 55.8 Å². The van der Waals surface area contributed by atoms with Crippen molar-refractivity contribution in [1.29, 1.82) is 0 Å². The van der Waals surface area contributed by atoms with Gasteiger partial charge in [0.2, 0.25) is 0 Å². The Balaban J connectivity index is 2.33. The third kappa shape index (κ3) is 2.76. The molecular formula is C15H19NS. The average molecular weight is 245 g/mol. The lowest BCUT2D eigenvalue weighted by Crippen LogP contribution is -2.36. The number of thiophene rings is 1. The second-order valence-corrected chi connectivity index (χ2v) is 5.82. The molecule has 0 saturated heterocycles. The van der Waals surface area contributed by atoms with E-state index in [1.807, 2.05) is 0 Å². The predicted octanol–water partition coefficient (Wildman–Crippen LogP) is 3.78. The summed E-state index contributed by atoms with van der Waals surface area (Å²) < 4.78 is 0. The second kappa shape index (κ2) is 4.63. The molecule has 2 aromatic rings. The Morgan fingerprint density at radius 1 is 1.24 bits per heavy atom. The first kappa shape index (κ1) is 12.3. The summed E-state index contributed by atoms with van der Waals surface area (Å²) in [5.74, 6) is 0. The Hall–Kier alpha value is -1.12. The largest absolute Gasteiger partial charge is 0.321 e. The van der Waals surface area contributed by atoms with Crippen molar-refractivity contribution in [3.05, 3.63) is 57.3 Å². The standard InChI is InChI=1S/C15H19NS/c1-11-4-5-12(2)14(8-11)15(3,16)9-13-6-7-17-10-13/h4-8,10H,9,16H2,1-3H3. The third-order valence-electron chi connectivity index (χ3n) is 3.16. The molecule has 0 fully saturated rings. The van der Waals surface area contributed by atoms with Crippen molar-refractivity contribution in [2.45, 2.75) is 32.7 Å². The molecule has 2 rings (SSSR count). The van der Waals surface area contributed by atoms with Gasteiger partial charge in [-0.3, -0.25) is 0 Å². The third-order valence-corrected chi connectivity index (χ3v) is 3.89. The van der Waals surface area contributed by atoms with E-state index in [0.717, 1.165) is 6.42 Å². The minimum absolute atomic E-state index is 0.294. The number of benzene rings is 1. The zero-order chi connectivity index (χ0) is 12.5. The van der Waals surface area contributed by atoms with Crippen molar-refractivity contribution in [2.75, 3.05) is 0 Å². The van der Waals surface area contributed by atoms with Gasteiger partial charge in [-0.2, -0.15) is 11.3 Å². The molecule has 1 nitrogen and oxygen atoms in total. The highest BCUT2D eigenvalue weighted by molar-refractivity contribution is 7.07. The van der Waals surface area contributed by atoms with Gasteiger partial charge in [0.05, 0.1) is 0 Å². The Labute approximate surface area is 107 Å². The monoisotopic (exact) mass is 245 g/mol. The van der Waals surface area contributed by atoms with Gasteiger partial charge >= 0.3 is 0 Å². The summed E-state index contributed by atoms with van der Waals surface area (Å²) in [4.78, 5) is 0. The summed E-state index contributed by atoms with van der Waals surface area (Å²) in [6, 6.07) is 8.66. The van der Waals surface area contributed by atoms with Crippen LogP contribution in [0.2, 0.25) is 0 Å². The minimum Gasteiger partial charge on any atom is -0.321 e. The summed E-state index contributed by atoms with van der Waals surface area (Å²) in [6.45, 7) is 6.36. The van der Waals surface area contributed by atoms with E-state index >= 15 is 0 Å². The van der Waals surface area contributed by atoms with E-state index in [0.29, 0.717) is 0 Å². The van der Waals surface area contributed by atoms with E-state index in [1.54, 1.807) is 11.3 Å². The van der Waals surface area contributed by atoms with Crippen molar-refractivity contribution in [1.82, 2.24) is 0 Å². The van der Waals surface area contributed by atoms with Gasteiger partial charge in [-0.1, -0.05) is 23.8 Å². The van der Waals surface area contributed by atoms with E-state index in [4.69, 9.17) is 5.73 Å². The fourth-order valence-corrected chi connectivity index (χ4v) is 2.93. The number of hydrogen-bond acceptors (Lipinski definition) is 2. The minimum atomic E-state index is -0.294. The van der Waals surface area contributed by atoms with Crippen molar-refractivity contribution < 1.29 is 0 Å². The smallest absolute Gasteiger partial charge is 0.0424 e. The first-order valence-electron chi connectivity index (χ1n) is 5.87. The van der Waals surface area contributed by atoms with Crippen LogP contribution in [0.1, 0.15) is 29.2 Å². The SMILES string of the molecule is Cc1ccc(C)c(C(C)(N)Cc2ccsc2)c1. The van der Waals surface area contributed by atoms with Crippen LogP contribution in [0.15, 0.2) is 35.0 Å². The van der Waals surface area contributed by atoms with E-state index in [-0.39, 0.29) is 5.54 Å². The summed E-state index contributed by atoms with van der Waals surface area (Å²) >= 11 is 1.73. The molecule has 0 saturated carbocycles. The summed E-state index contributed by atoms with van der Waals surface area (Å²) in [5.41, 5.74) is 11.3. The van der Waals surface area contributed by atoms with Gasteiger partial charge in [0.15, 0.2) is 0 Å². The van der Waals surface area contributed by atoms with Crippen molar-refractivity contribution >= 4 is 11.3 Å². The molecule has 0 amide bonds. The first-order chi connectivity index (χ1) is 7.99. The van der Waals surface area contributed by atoms with Crippen LogP contribution in [0.5, 0.6) is 0 Å². The molecule has 1 aromatic carbocycles. The molecule has 0 aliphatic rings. The van der Waals surface area contributed by atoms with Gasteiger partial charge in [-0.05, 0) is 60.7 Å². The lowest BCUT2D eigenvalue weighted by Gasteiger charge is -2.27. The summed E-state index contributed by atoms with van der Waals surface area (Å²) in [6.07, 6.45) is 0.890. The predicted molar refractivity (Wildman–Crippen MR) is 75.5 cm³/mol. The molecule has 1 atom stereocenters. The maximum absolute atomic E-state index is 6.50. The maximum atomic E-state index is 6.50. The molecule has 0 bridgehead atoms. The Morgan fingerprint density at radius 3 is 2.65 bits per heavy atom. The van der Waals surface area contributed by atoms with Crippen molar-refractivity contribution in [3.63, 3.8) is 0 Å². The van der Waals surface area contributed by atoms with Crippen LogP contribution in [0, 0.1) is 13.8 Å². The molecule has 0 aliphatic carbocycles. The summed E-state index contributed by atoms with van der Waals surface area (Å²) in [5, 5.41) is 4.28. The Morgan fingerprint density at radius 2 is 2.00 bits per heavy atom. The number of nitrogens with two attached hydrogens (primary N) is 1. The van der Waals surface area contributed by atoms with Crippen LogP contribution in [0.3, 0.4) is 0 Å². The first-order valence-corrected chi connectivity index (χ1v) is 6.81. The van der Waals surface area contributed by atoms with Gasteiger partial charge in [-0.25, -0.2) is 0 Å². The Bertz CT molecular complexity index is 498. The fourth-order valence-electron chi connectivity index (χ4n) is 2.26. The molecular weight excluding hydrogens is 226 g/mol. The molecule has 2 heteroatoms. The van der Waals surface area contributed by atoms with E-state index in [9.17, 15) is 0 Å². The van der Waals surface area contributed by atoms with Crippen LogP contribution >= 0.6 is 11.3 Å². The number of aryl methyl sites for hydroxylation is 2. The van der Waals surface area contributed by atoms with Gasteiger partial charge in [0.25, 0.3) is 0 Å². The molecule has 90 valence electrons. The highest BCUT2D eigenvalue weighted by atomic mass is 32.1. The number of hydrogen-bond donors (Lipinski definition) is 1. The molecule has 1 unspecified atom stereocenters. The quantitative estimate of drug-likeness (QED) is 0.875. The zero-order valence-electron chi connectivity index (χ0n) is 10.7. The van der Waals surface area contributed by atoms with Gasteiger partial charge in [-0.15, -0.1) is 0 Å². The molecule has 17 heavy (non-hydrogen) atoms. The topological polar surface area (TPSA) is 26.0 Å². The van der Waals surface area contributed by atoms with Crippen molar-refractivity contribution in [3.8, 4) is 0 Å². The molecule has 0 aliphatic heterocycles. The van der Waals surface area contributed by atoms with Crippen LogP contribution in [-0.4, -0.2) is 0 Å². The zero-order valence-corrected chi connectivity index (χ0v) is 11.5. The van der Waals surface area contributed by atoms with Gasteiger partial charge in [0, 0.05) is 5.54 Å². The van der Waals surface area contributed by atoms with Gasteiger partial charge < -0.3 is 5.73 Å². The van der Waals surface area contributed by atoms with E-state index in [1.165, 1.54) is 22.3 Å². The van der Waals surface area contributed by atoms with Crippen LogP contribution in [0.4, 0.5) is 0 Å². The molecule has 2 N–H and O–H groups in total. The molecule has 1 heterocycles.